The maximum absolute atomic E-state index is 10.1. The van der Waals surface area contributed by atoms with Crippen LogP contribution in [0.1, 0.15) is 31.1 Å². The number of halogens is 1. The second-order valence-electron chi connectivity index (χ2n) is 3.12. The molecule has 0 saturated heterocycles. The van der Waals surface area contributed by atoms with Crippen LogP contribution in [0.25, 0.3) is 0 Å². The van der Waals surface area contributed by atoms with E-state index < -0.39 is 0 Å². The lowest BCUT2D eigenvalue weighted by atomic mass is 10.2. The first-order chi connectivity index (χ1) is 8.15. The molecular formula is C13H19ClO3. The number of benzene rings is 1. The number of ether oxygens (including phenoxy) is 2. The fraction of sp³-hybridized carbons (Fsp3) is 0.462. The van der Waals surface area contributed by atoms with Gasteiger partial charge < -0.3 is 9.47 Å². The van der Waals surface area contributed by atoms with E-state index >= 15 is 0 Å². The van der Waals surface area contributed by atoms with Crippen molar-refractivity contribution in [3.63, 3.8) is 0 Å². The van der Waals surface area contributed by atoms with Gasteiger partial charge in [-0.25, -0.2) is 0 Å². The van der Waals surface area contributed by atoms with Crippen LogP contribution in [0.5, 0.6) is 0 Å². The highest BCUT2D eigenvalue weighted by Crippen LogP contribution is 2.11. The van der Waals surface area contributed by atoms with E-state index in [4.69, 9.17) is 21.1 Å². The van der Waals surface area contributed by atoms with E-state index in [0.717, 1.165) is 19.5 Å². The highest BCUT2D eigenvalue weighted by Gasteiger charge is 1.94. The van der Waals surface area contributed by atoms with E-state index in [-0.39, 0.29) is 6.29 Å². The fourth-order valence-electron chi connectivity index (χ4n) is 1.09. The van der Waals surface area contributed by atoms with E-state index in [1.807, 2.05) is 20.8 Å². The van der Waals surface area contributed by atoms with Gasteiger partial charge in [0.15, 0.2) is 12.6 Å². The molecule has 0 aliphatic heterocycles. The van der Waals surface area contributed by atoms with Crippen molar-refractivity contribution in [2.75, 3.05) is 13.2 Å². The summed E-state index contributed by atoms with van der Waals surface area (Å²) in [6.45, 7) is 7.25. The third-order valence-electron chi connectivity index (χ3n) is 1.83. The minimum atomic E-state index is -0.0370. The molecule has 0 saturated carbocycles. The summed E-state index contributed by atoms with van der Waals surface area (Å²) in [5.74, 6) is 0. The van der Waals surface area contributed by atoms with Gasteiger partial charge in [-0.1, -0.05) is 29.8 Å². The van der Waals surface area contributed by atoms with Crippen LogP contribution in [0.15, 0.2) is 24.3 Å². The number of aldehydes is 1. The molecule has 1 aromatic rings. The fourth-order valence-corrected chi connectivity index (χ4v) is 1.27. The van der Waals surface area contributed by atoms with Gasteiger partial charge in [-0.05, 0) is 26.8 Å². The van der Waals surface area contributed by atoms with E-state index in [1.54, 1.807) is 24.3 Å². The normalized spacial score (nSPS) is 9.71. The SMILES string of the molecule is CCOC(C)OCC.O=Cc1ccccc1Cl. The smallest absolute Gasteiger partial charge is 0.154 e. The number of rotatable bonds is 5. The molecule has 1 rings (SSSR count). The van der Waals surface area contributed by atoms with Crippen LogP contribution in [0.4, 0.5) is 0 Å². The molecule has 3 nitrogen and oxygen atoms in total. The molecule has 4 heteroatoms. The van der Waals surface area contributed by atoms with Crippen LogP contribution in [0, 0.1) is 0 Å². The average molecular weight is 259 g/mol. The monoisotopic (exact) mass is 258 g/mol. The Labute approximate surface area is 108 Å². The lowest BCUT2D eigenvalue weighted by molar-refractivity contribution is -0.123. The summed E-state index contributed by atoms with van der Waals surface area (Å²) < 4.78 is 10.1. The first kappa shape index (κ1) is 16.1. The zero-order chi connectivity index (χ0) is 13.1. The van der Waals surface area contributed by atoms with Gasteiger partial charge in [0.25, 0.3) is 0 Å². The summed E-state index contributed by atoms with van der Waals surface area (Å²) in [6, 6.07) is 6.92. The topological polar surface area (TPSA) is 35.5 Å². The summed E-state index contributed by atoms with van der Waals surface area (Å²) in [6.07, 6.45) is 0.701. The predicted octanol–water partition coefficient (Wildman–Crippen LogP) is 3.56. The molecule has 0 radical (unpaired) electrons. The molecule has 0 atom stereocenters. The molecule has 96 valence electrons. The molecule has 17 heavy (non-hydrogen) atoms. The van der Waals surface area contributed by atoms with Crippen molar-refractivity contribution in [1.82, 2.24) is 0 Å². The average Bonchev–Trinajstić information content (AvgIpc) is 2.31. The van der Waals surface area contributed by atoms with E-state index in [2.05, 4.69) is 0 Å². The Morgan fingerprint density at radius 1 is 1.24 bits per heavy atom. The molecule has 0 fully saturated rings. The minimum absolute atomic E-state index is 0.0370. The highest BCUT2D eigenvalue weighted by molar-refractivity contribution is 6.32. The van der Waals surface area contributed by atoms with E-state index in [1.165, 1.54) is 0 Å². The maximum atomic E-state index is 10.1. The van der Waals surface area contributed by atoms with Crippen molar-refractivity contribution in [2.24, 2.45) is 0 Å². The Kier molecular flexibility index (Phi) is 9.72. The van der Waals surface area contributed by atoms with Crippen molar-refractivity contribution in [3.05, 3.63) is 34.9 Å². The molecular weight excluding hydrogens is 240 g/mol. The molecule has 0 unspecified atom stereocenters. The Balaban J connectivity index is 0.000000304. The Morgan fingerprint density at radius 3 is 2.12 bits per heavy atom. The lowest BCUT2D eigenvalue weighted by Crippen LogP contribution is -2.11. The largest absolute Gasteiger partial charge is 0.353 e. The van der Waals surface area contributed by atoms with E-state index in [0.29, 0.717) is 10.6 Å². The molecule has 0 aliphatic rings. The van der Waals surface area contributed by atoms with Gasteiger partial charge >= 0.3 is 0 Å². The zero-order valence-electron chi connectivity index (χ0n) is 10.5. The van der Waals surface area contributed by atoms with Gasteiger partial charge in [0, 0.05) is 18.8 Å². The van der Waals surface area contributed by atoms with Gasteiger partial charge in [0.05, 0.1) is 5.02 Å². The Morgan fingerprint density at radius 2 is 1.76 bits per heavy atom. The van der Waals surface area contributed by atoms with Crippen LogP contribution in [0.3, 0.4) is 0 Å². The van der Waals surface area contributed by atoms with Crippen LogP contribution in [-0.4, -0.2) is 25.8 Å². The van der Waals surface area contributed by atoms with Crippen LogP contribution in [-0.2, 0) is 9.47 Å². The first-order valence-electron chi connectivity index (χ1n) is 5.58. The Bertz CT molecular complexity index is 309. The minimum Gasteiger partial charge on any atom is -0.353 e. The second-order valence-corrected chi connectivity index (χ2v) is 3.52. The summed E-state index contributed by atoms with van der Waals surface area (Å²) in [7, 11) is 0. The van der Waals surface area contributed by atoms with Gasteiger partial charge in [-0.2, -0.15) is 0 Å². The predicted molar refractivity (Wildman–Crippen MR) is 69.6 cm³/mol. The number of carbonyl (C=O) groups is 1. The van der Waals surface area contributed by atoms with Crippen molar-refractivity contribution in [1.29, 1.82) is 0 Å². The van der Waals surface area contributed by atoms with Crippen LogP contribution in [0.2, 0.25) is 5.02 Å². The highest BCUT2D eigenvalue weighted by atomic mass is 35.5. The zero-order valence-corrected chi connectivity index (χ0v) is 11.2. The Hall–Kier alpha value is -0.900. The third kappa shape index (κ3) is 7.91. The van der Waals surface area contributed by atoms with Crippen LogP contribution >= 0.6 is 11.6 Å². The van der Waals surface area contributed by atoms with Gasteiger partial charge in [0.2, 0.25) is 0 Å². The third-order valence-corrected chi connectivity index (χ3v) is 2.18. The lowest BCUT2D eigenvalue weighted by Gasteiger charge is -2.09. The van der Waals surface area contributed by atoms with Crippen molar-refractivity contribution in [2.45, 2.75) is 27.1 Å². The molecule has 1 aromatic carbocycles. The van der Waals surface area contributed by atoms with Gasteiger partial charge in [-0.3, -0.25) is 4.79 Å². The summed E-state index contributed by atoms with van der Waals surface area (Å²) in [5, 5.41) is 0.507. The summed E-state index contributed by atoms with van der Waals surface area (Å²) >= 11 is 5.59. The second kappa shape index (κ2) is 10.3. The van der Waals surface area contributed by atoms with E-state index in [9.17, 15) is 4.79 Å². The van der Waals surface area contributed by atoms with Crippen LogP contribution < -0.4 is 0 Å². The quantitative estimate of drug-likeness (QED) is 0.598. The van der Waals surface area contributed by atoms with Crippen molar-refractivity contribution >= 4 is 17.9 Å². The van der Waals surface area contributed by atoms with Gasteiger partial charge in [-0.15, -0.1) is 0 Å². The number of carbonyl (C=O) groups excluding carboxylic acids is 1. The molecule has 0 amide bonds. The molecule has 0 spiro atoms. The first-order valence-corrected chi connectivity index (χ1v) is 5.96. The molecule has 0 aromatic heterocycles. The molecule has 0 heterocycles. The molecule has 0 N–H and O–H groups in total. The standard InChI is InChI=1S/C7H5ClO.C6H14O2/c8-7-4-2-1-3-6(7)5-9;1-4-7-6(3)8-5-2/h1-5H;6H,4-5H2,1-3H3. The van der Waals surface area contributed by atoms with Crippen molar-refractivity contribution < 1.29 is 14.3 Å². The molecule has 0 bridgehead atoms. The summed E-state index contributed by atoms with van der Waals surface area (Å²) in [5.41, 5.74) is 0.541. The van der Waals surface area contributed by atoms with Crippen molar-refractivity contribution in [3.8, 4) is 0 Å². The number of hydrogen-bond donors (Lipinski definition) is 0. The van der Waals surface area contributed by atoms with Gasteiger partial charge in [0.1, 0.15) is 0 Å². The number of hydrogen-bond acceptors (Lipinski definition) is 3. The molecule has 0 aliphatic carbocycles. The maximum Gasteiger partial charge on any atom is 0.154 e. The summed E-state index contributed by atoms with van der Waals surface area (Å²) in [4.78, 5) is 10.1.